The fourth-order valence-corrected chi connectivity index (χ4v) is 5.44. The summed E-state index contributed by atoms with van der Waals surface area (Å²) in [7, 11) is 0. The SMILES string of the molecule is CCCN1C(=O)[C@@]2(C(=C(O)c3ccc(C)c(F)c3)C(=O)C(=O)N2C[C@@H]2CCCO2)c2ccccc21. The highest BCUT2D eigenvalue weighted by molar-refractivity contribution is 6.50. The van der Waals surface area contributed by atoms with Crippen molar-refractivity contribution in [1.29, 1.82) is 0 Å². The minimum absolute atomic E-state index is 0.0295. The molecule has 3 aliphatic heterocycles. The van der Waals surface area contributed by atoms with Crippen LogP contribution in [0.15, 0.2) is 48.0 Å². The largest absolute Gasteiger partial charge is 0.507 e. The average molecular weight is 479 g/mol. The first kappa shape index (κ1) is 23.2. The minimum Gasteiger partial charge on any atom is -0.507 e. The first-order chi connectivity index (χ1) is 16.8. The molecule has 0 aliphatic carbocycles. The topological polar surface area (TPSA) is 87.2 Å². The summed E-state index contributed by atoms with van der Waals surface area (Å²) in [5.41, 5.74) is -0.755. The summed E-state index contributed by atoms with van der Waals surface area (Å²) >= 11 is 0. The van der Waals surface area contributed by atoms with Gasteiger partial charge < -0.3 is 19.6 Å². The highest BCUT2D eigenvalue weighted by Gasteiger charge is 2.67. The van der Waals surface area contributed by atoms with Gasteiger partial charge in [0, 0.05) is 30.8 Å². The lowest BCUT2D eigenvalue weighted by molar-refractivity contribution is -0.145. The third kappa shape index (κ3) is 3.31. The normalized spacial score (nSPS) is 25.2. The van der Waals surface area contributed by atoms with Crippen LogP contribution in [-0.2, 0) is 24.7 Å². The van der Waals surface area contributed by atoms with Gasteiger partial charge in [-0.2, -0.15) is 0 Å². The number of aliphatic hydroxyl groups is 1. The van der Waals surface area contributed by atoms with E-state index in [1.54, 1.807) is 36.1 Å². The van der Waals surface area contributed by atoms with Gasteiger partial charge in [0.05, 0.1) is 17.4 Å². The van der Waals surface area contributed by atoms with Gasteiger partial charge >= 0.3 is 0 Å². The third-order valence-electron chi connectivity index (χ3n) is 7.11. The van der Waals surface area contributed by atoms with Crippen LogP contribution in [0.25, 0.3) is 5.76 Å². The van der Waals surface area contributed by atoms with Crippen LogP contribution in [0.2, 0.25) is 0 Å². The lowest BCUT2D eigenvalue weighted by Gasteiger charge is -2.35. The van der Waals surface area contributed by atoms with Crippen LogP contribution < -0.4 is 4.90 Å². The number of hydrogen-bond donors (Lipinski definition) is 1. The predicted octanol–water partition coefficient (Wildman–Crippen LogP) is 3.65. The van der Waals surface area contributed by atoms with E-state index in [2.05, 4.69) is 0 Å². The van der Waals surface area contributed by atoms with Crippen LogP contribution in [0.1, 0.15) is 42.9 Å². The summed E-state index contributed by atoms with van der Waals surface area (Å²) in [5, 5.41) is 11.4. The number of hydrogen-bond acceptors (Lipinski definition) is 5. The number of aryl methyl sites for hydroxylation is 1. The Kier molecular flexibility index (Phi) is 5.71. The lowest BCUT2D eigenvalue weighted by atomic mass is 9.81. The van der Waals surface area contributed by atoms with Gasteiger partial charge in [0.1, 0.15) is 11.6 Å². The van der Waals surface area contributed by atoms with Gasteiger partial charge in [-0.1, -0.05) is 37.3 Å². The van der Waals surface area contributed by atoms with E-state index in [9.17, 15) is 23.9 Å². The number of benzene rings is 2. The molecule has 3 aliphatic rings. The van der Waals surface area contributed by atoms with Gasteiger partial charge in [-0.3, -0.25) is 14.4 Å². The molecule has 0 unspecified atom stereocenters. The number of fused-ring (bicyclic) bond motifs is 2. The number of nitrogens with zero attached hydrogens (tertiary/aromatic N) is 2. The molecule has 2 fully saturated rings. The number of amides is 2. The van der Waals surface area contributed by atoms with Gasteiger partial charge in [-0.05, 0) is 43.9 Å². The average Bonchev–Trinajstić information content (AvgIpc) is 3.51. The van der Waals surface area contributed by atoms with E-state index in [4.69, 9.17) is 4.74 Å². The van der Waals surface area contributed by atoms with Crippen LogP contribution in [0, 0.1) is 12.7 Å². The van der Waals surface area contributed by atoms with E-state index in [1.165, 1.54) is 17.0 Å². The number of ketones is 1. The summed E-state index contributed by atoms with van der Waals surface area (Å²) in [6.45, 7) is 4.46. The molecule has 2 atom stereocenters. The molecule has 5 rings (SSSR count). The Hall–Kier alpha value is -3.52. The standard InChI is InChI=1S/C27H27FN2O5/c1-3-12-29-21-9-5-4-8-19(21)27(26(29)34)22(23(31)17-11-10-16(2)20(28)14-17)24(32)25(33)30(27)15-18-7-6-13-35-18/h4-5,8-11,14,18,31H,3,6-7,12-13,15H2,1-2H3/t18-,27-/m0/s1. The molecule has 3 heterocycles. The fraction of sp³-hybridized carbons (Fsp3) is 0.370. The Balaban J connectivity index is 1.80. The summed E-state index contributed by atoms with van der Waals surface area (Å²) in [5.74, 6) is -3.47. The molecule has 1 spiro atoms. The summed E-state index contributed by atoms with van der Waals surface area (Å²) in [6.07, 6.45) is 1.83. The van der Waals surface area contributed by atoms with Crippen LogP contribution in [0.3, 0.4) is 0 Å². The molecule has 35 heavy (non-hydrogen) atoms. The van der Waals surface area contributed by atoms with Gasteiger partial charge in [-0.15, -0.1) is 0 Å². The van der Waals surface area contributed by atoms with Crippen molar-refractivity contribution in [2.75, 3.05) is 24.6 Å². The molecule has 2 aromatic rings. The number of ether oxygens (including phenoxy) is 1. The lowest BCUT2D eigenvalue weighted by Crippen LogP contribution is -2.53. The van der Waals surface area contributed by atoms with Crippen molar-refractivity contribution in [3.05, 3.63) is 70.5 Å². The second-order valence-electron chi connectivity index (χ2n) is 9.25. The molecule has 182 valence electrons. The van der Waals surface area contributed by atoms with Gasteiger partial charge in [0.15, 0.2) is 5.54 Å². The maximum absolute atomic E-state index is 14.4. The van der Waals surface area contributed by atoms with Gasteiger partial charge in [-0.25, -0.2) is 4.39 Å². The van der Waals surface area contributed by atoms with Crippen molar-refractivity contribution >= 4 is 29.0 Å². The first-order valence-electron chi connectivity index (χ1n) is 11.9. The Bertz CT molecular complexity index is 1270. The first-order valence-corrected chi connectivity index (χ1v) is 11.9. The number of anilines is 1. The van der Waals surface area contributed by atoms with Crippen LogP contribution in [0.4, 0.5) is 10.1 Å². The van der Waals surface area contributed by atoms with E-state index in [-0.39, 0.29) is 23.8 Å². The summed E-state index contributed by atoms with van der Waals surface area (Å²) < 4.78 is 20.2. The van der Waals surface area contributed by atoms with E-state index >= 15 is 0 Å². The number of Topliss-reactive ketones (excluding diaryl/α,β-unsaturated/α-hetero) is 1. The van der Waals surface area contributed by atoms with E-state index in [0.717, 1.165) is 12.5 Å². The molecule has 0 aromatic heterocycles. The Morgan fingerprint density at radius 1 is 1.20 bits per heavy atom. The van der Waals surface area contributed by atoms with Crippen molar-refractivity contribution in [3.8, 4) is 0 Å². The molecular weight excluding hydrogens is 451 g/mol. The molecule has 2 aromatic carbocycles. The highest BCUT2D eigenvalue weighted by atomic mass is 19.1. The van der Waals surface area contributed by atoms with E-state index in [0.29, 0.717) is 42.8 Å². The maximum Gasteiger partial charge on any atom is 0.296 e. The molecule has 0 saturated carbocycles. The molecule has 0 bridgehead atoms. The number of halogens is 1. The van der Waals surface area contributed by atoms with Crippen molar-refractivity contribution in [1.82, 2.24) is 4.90 Å². The Morgan fingerprint density at radius 3 is 2.66 bits per heavy atom. The number of aliphatic hydroxyl groups excluding tert-OH is 1. The fourth-order valence-electron chi connectivity index (χ4n) is 5.44. The number of carbonyl (C=O) groups excluding carboxylic acids is 3. The van der Waals surface area contributed by atoms with Crippen molar-refractivity contribution < 1.29 is 28.6 Å². The van der Waals surface area contributed by atoms with E-state index < -0.39 is 34.7 Å². The Morgan fingerprint density at radius 2 is 1.97 bits per heavy atom. The van der Waals surface area contributed by atoms with Crippen molar-refractivity contribution in [3.63, 3.8) is 0 Å². The molecule has 8 heteroatoms. The van der Waals surface area contributed by atoms with Crippen molar-refractivity contribution in [2.45, 2.75) is 44.8 Å². The zero-order valence-electron chi connectivity index (χ0n) is 19.7. The quantitative estimate of drug-likeness (QED) is 0.403. The zero-order valence-corrected chi connectivity index (χ0v) is 19.7. The molecule has 2 saturated heterocycles. The number of rotatable bonds is 5. The molecule has 0 radical (unpaired) electrons. The molecule has 7 nitrogen and oxygen atoms in total. The Labute approximate surface area is 202 Å². The highest BCUT2D eigenvalue weighted by Crippen LogP contribution is 2.53. The van der Waals surface area contributed by atoms with Crippen LogP contribution >= 0.6 is 0 Å². The number of carbonyl (C=O) groups is 3. The smallest absolute Gasteiger partial charge is 0.296 e. The van der Waals surface area contributed by atoms with Crippen LogP contribution in [0.5, 0.6) is 0 Å². The second kappa shape index (κ2) is 8.61. The third-order valence-corrected chi connectivity index (χ3v) is 7.11. The van der Waals surface area contributed by atoms with E-state index in [1.807, 2.05) is 6.92 Å². The minimum atomic E-state index is -1.85. The number of likely N-dealkylation sites (tertiary alicyclic amines) is 1. The van der Waals surface area contributed by atoms with Gasteiger partial charge in [0.25, 0.3) is 17.6 Å². The van der Waals surface area contributed by atoms with Crippen molar-refractivity contribution in [2.24, 2.45) is 0 Å². The zero-order chi connectivity index (χ0) is 24.9. The maximum atomic E-state index is 14.4. The summed E-state index contributed by atoms with van der Waals surface area (Å²) in [6, 6.07) is 11.1. The molecule has 1 N–H and O–H groups in total. The second-order valence-corrected chi connectivity index (χ2v) is 9.25. The van der Waals surface area contributed by atoms with Crippen LogP contribution in [-0.4, -0.2) is 53.4 Å². The molecule has 2 amide bonds. The number of para-hydroxylation sites is 1. The summed E-state index contributed by atoms with van der Waals surface area (Å²) in [4.78, 5) is 44.1. The van der Waals surface area contributed by atoms with Gasteiger partial charge in [0.2, 0.25) is 0 Å². The predicted molar refractivity (Wildman–Crippen MR) is 127 cm³/mol. The monoisotopic (exact) mass is 478 g/mol. The molecular formula is C27H27FN2O5.